The molecule has 3 heterocycles. The first kappa shape index (κ1) is 41.7. The molecule has 1 aliphatic rings. The van der Waals surface area contributed by atoms with Gasteiger partial charge in [-0.2, -0.15) is 0 Å². The summed E-state index contributed by atoms with van der Waals surface area (Å²) in [5.74, 6) is 1.70. The standard InChI is InChI=1S/C58H52F2N4O/c1-36(2)41-19-24-54-56(31-41)63(58-50(37(3)4)29-42(30-51(58)38(5)6)47-22-20-43(59)32-52(47)60)35-62(54)44-27-40(26-39-14-8-7-9-15-39)28-46(33-44)65-45-21-23-49-48-16-10-11-17-53(48)64(55(49)34-45)57-18-12-13-25-61-57/h7-25,27-34,36-38H,26,35H2,1-6H3. The van der Waals surface area contributed by atoms with Gasteiger partial charge in [0.05, 0.1) is 22.4 Å². The van der Waals surface area contributed by atoms with E-state index in [1.807, 2.05) is 24.4 Å². The van der Waals surface area contributed by atoms with Crippen molar-refractivity contribution in [2.45, 2.75) is 65.7 Å². The second kappa shape index (κ2) is 17.0. The molecular weight excluding hydrogens is 807 g/mol. The molecule has 0 unspecified atom stereocenters. The minimum absolute atomic E-state index is 0.111. The first-order chi connectivity index (χ1) is 31.5. The van der Waals surface area contributed by atoms with E-state index in [-0.39, 0.29) is 11.8 Å². The normalized spacial score (nSPS) is 12.7. The third-order valence-corrected chi connectivity index (χ3v) is 12.7. The summed E-state index contributed by atoms with van der Waals surface area (Å²) in [4.78, 5) is 9.59. The lowest BCUT2D eigenvalue weighted by atomic mass is 9.87. The van der Waals surface area contributed by atoms with Gasteiger partial charge < -0.3 is 14.5 Å². The maximum atomic E-state index is 15.4. The molecule has 0 N–H and O–H groups in total. The third-order valence-electron chi connectivity index (χ3n) is 12.7. The van der Waals surface area contributed by atoms with Crippen LogP contribution in [0.1, 0.15) is 87.1 Å². The van der Waals surface area contributed by atoms with E-state index in [9.17, 15) is 4.39 Å². The van der Waals surface area contributed by atoms with Crippen LogP contribution in [0.4, 0.5) is 31.5 Å². The van der Waals surface area contributed by atoms with Crippen molar-refractivity contribution in [1.82, 2.24) is 9.55 Å². The van der Waals surface area contributed by atoms with Crippen LogP contribution in [0.15, 0.2) is 164 Å². The summed E-state index contributed by atoms with van der Waals surface area (Å²) in [6, 6.07) is 52.8. The number of hydrogen-bond acceptors (Lipinski definition) is 4. The van der Waals surface area contributed by atoms with Crippen molar-refractivity contribution in [3.8, 4) is 28.4 Å². The van der Waals surface area contributed by atoms with E-state index in [1.165, 1.54) is 17.2 Å². The zero-order chi connectivity index (χ0) is 44.9. The SMILES string of the molecule is CC(C)c1ccc2c(c1)N(c1c(C(C)C)cc(-c3ccc(F)cc3F)cc1C(C)C)CN2c1cc(Cc2ccccc2)cc(Oc2ccc3c4ccccc4n(-c4ccccn4)c3c2)c1. The lowest BCUT2D eigenvalue weighted by Crippen LogP contribution is -2.26. The molecule has 324 valence electrons. The zero-order valence-electron chi connectivity index (χ0n) is 37.7. The molecular formula is C58H52F2N4O. The van der Waals surface area contributed by atoms with E-state index in [4.69, 9.17) is 9.72 Å². The molecule has 0 bridgehead atoms. The second-order valence-electron chi connectivity index (χ2n) is 18.2. The summed E-state index contributed by atoms with van der Waals surface area (Å²) in [6.45, 7) is 13.8. The van der Waals surface area contributed by atoms with Crippen LogP contribution in [0.3, 0.4) is 0 Å². The van der Waals surface area contributed by atoms with Crippen molar-refractivity contribution in [2.75, 3.05) is 16.5 Å². The maximum Gasteiger partial charge on any atom is 0.137 e. The van der Waals surface area contributed by atoms with Gasteiger partial charge in [-0.15, -0.1) is 0 Å². The molecule has 0 amide bonds. The van der Waals surface area contributed by atoms with Gasteiger partial charge in [0, 0.05) is 52.1 Å². The van der Waals surface area contributed by atoms with Crippen molar-refractivity contribution < 1.29 is 13.5 Å². The molecule has 2 aromatic heterocycles. The highest BCUT2D eigenvalue weighted by Crippen LogP contribution is 2.51. The monoisotopic (exact) mass is 858 g/mol. The first-order valence-electron chi connectivity index (χ1n) is 22.6. The van der Waals surface area contributed by atoms with Crippen LogP contribution < -0.4 is 14.5 Å². The lowest BCUT2D eigenvalue weighted by molar-refractivity contribution is 0.483. The molecule has 0 spiro atoms. The molecule has 65 heavy (non-hydrogen) atoms. The predicted molar refractivity (Wildman–Crippen MR) is 264 cm³/mol. The Hall–Kier alpha value is -7.25. The summed E-state index contributed by atoms with van der Waals surface area (Å²) in [7, 11) is 0. The smallest absolute Gasteiger partial charge is 0.137 e. The third kappa shape index (κ3) is 7.90. The van der Waals surface area contributed by atoms with Gasteiger partial charge in [0.1, 0.15) is 35.6 Å². The topological polar surface area (TPSA) is 33.5 Å². The molecule has 0 radical (unpaired) electrons. The average Bonchev–Trinajstić information content (AvgIpc) is 3.84. The first-order valence-corrected chi connectivity index (χ1v) is 22.6. The summed E-state index contributed by atoms with van der Waals surface area (Å²) in [5.41, 5.74) is 13.4. The number of ether oxygens (including phenoxy) is 1. The predicted octanol–water partition coefficient (Wildman–Crippen LogP) is 16.1. The number of benzene rings is 7. The molecule has 7 aromatic carbocycles. The summed E-state index contributed by atoms with van der Waals surface area (Å²) in [5, 5.41) is 2.28. The highest BCUT2D eigenvalue weighted by molar-refractivity contribution is 6.09. The van der Waals surface area contributed by atoms with E-state index >= 15 is 4.39 Å². The zero-order valence-corrected chi connectivity index (χ0v) is 37.7. The average molecular weight is 859 g/mol. The van der Waals surface area contributed by atoms with Crippen LogP contribution in [-0.2, 0) is 6.42 Å². The number of hydrogen-bond donors (Lipinski definition) is 0. The Balaban J connectivity index is 1.11. The second-order valence-corrected chi connectivity index (χ2v) is 18.2. The fourth-order valence-electron chi connectivity index (χ4n) is 9.48. The Morgan fingerprint density at radius 1 is 0.569 bits per heavy atom. The van der Waals surface area contributed by atoms with Crippen LogP contribution in [0, 0.1) is 11.6 Å². The fraction of sp³-hybridized carbons (Fsp3) is 0.190. The van der Waals surface area contributed by atoms with E-state index in [2.05, 4.69) is 177 Å². The molecule has 0 saturated carbocycles. The molecule has 0 aliphatic carbocycles. The van der Waals surface area contributed by atoms with E-state index in [0.29, 0.717) is 18.2 Å². The summed E-state index contributed by atoms with van der Waals surface area (Å²) >= 11 is 0. The van der Waals surface area contributed by atoms with Crippen molar-refractivity contribution in [3.63, 3.8) is 0 Å². The Morgan fingerprint density at radius 3 is 2.03 bits per heavy atom. The van der Waals surface area contributed by atoms with E-state index < -0.39 is 11.6 Å². The minimum atomic E-state index is -0.585. The molecule has 10 rings (SSSR count). The number of rotatable bonds is 11. The largest absolute Gasteiger partial charge is 0.457 e. The molecule has 5 nitrogen and oxygen atoms in total. The van der Waals surface area contributed by atoms with Crippen LogP contribution >= 0.6 is 0 Å². The van der Waals surface area contributed by atoms with Crippen LogP contribution in [0.2, 0.25) is 0 Å². The van der Waals surface area contributed by atoms with Crippen LogP contribution in [-0.4, -0.2) is 16.2 Å². The number of para-hydroxylation sites is 1. The number of anilines is 4. The Bertz CT molecular complexity index is 3180. The van der Waals surface area contributed by atoms with Gasteiger partial charge in [-0.05, 0) is 136 Å². The Labute approximate surface area is 380 Å². The quantitative estimate of drug-likeness (QED) is 0.130. The molecule has 1 aliphatic heterocycles. The highest BCUT2D eigenvalue weighted by atomic mass is 19.1. The molecule has 0 atom stereocenters. The number of halogens is 2. The summed E-state index contributed by atoms with van der Waals surface area (Å²) in [6.07, 6.45) is 2.56. The summed E-state index contributed by atoms with van der Waals surface area (Å²) < 4.78 is 38.7. The van der Waals surface area contributed by atoms with E-state index in [1.54, 1.807) is 6.07 Å². The minimum Gasteiger partial charge on any atom is -0.457 e. The van der Waals surface area contributed by atoms with Crippen molar-refractivity contribution in [1.29, 1.82) is 0 Å². The van der Waals surface area contributed by atoms with Crippen molar-refractivity contribution >= 4 is 44.6 Å². The Kier molecular flexibility index (Phi) is 10.9. The van der Waals surface area contributed by atoms with Gasteiger partial charge in [0.15, 0.2) is 0 Å². The molecule has 0 fully saturated rings. The van der Waals surface area contributed by atoms with Crippen LogP contribution in [0.25, 0.3) is 38.8 Å². The van der Waals surface area contributed by atoms with Gasteiger partial charge in [0.25, 0.3) is 0 Å². The lowest BCUT2D eigenvalue weighted by Gasteiger charge is -2.30. The maximum absolute atomic E-state index is 15.4. The fourth-order valence-corrected chi connectivity index (χ4v) is 9.48. The molecule has 9 aromatic rings. The van der Waals surface area contributed by atoms with Gasteiger partial charge in [-0.25, -0.2) is 13.8 Å². The van der Waals surface area contributed by atoms with Crippen LogP contribution in [0.5, 0.6) is 11.5 Å². The van der Waals surface area contributed by atoms with Gasteiger partial charge in [-0.3, -0.25) is 4.57 Å². The Morgan fingerprint density at radius 2 is 1.31 bits per heavy atom. The number of aromatic nitrogens is 2. The number of nitrogens with zero attached hydrogens (tertiary/aromatic N) is 4. The number of fused-ring (bicyclic) bond motifs is 4. The van der Waals surface area contributed by atoms with E-state index in [0.717, 1.165) is 96.6 Å². The van der Waals surface area contributed by atoms with Gasteiger partial charge in [-0.1, -0.05) is 102 Å². The molecule has 7 heteroatoms. The highest BCUT2D eigenvalue weighted by Gasteiger charge is 2.33. The van der Waals surface area contributed by atoms with Gasteiger partial charge in [0.2, 0.25) is 0 Å². The molecule has 0 saturated heterocycles. The number of pyridine rings is 1. The van der Waals surface area contributed by atoms with Crippen molar-refractivity contribution in [3.05, 3.63) is 203 Å². The van der Waals surface area contributed by atoms with Crippen molar-refractivity contribution in [2.24, 2.45) is 0 Å². The van der Waals surface area contributed by atoms with Gasteiger partial charge >= 0.3 is 0 Å².